The van der Waals surface area contributed by atoms with Crippen LogP contribution in [-0.4, -0.2) is 45.6 Å². The molecule has 0 fully saturated rings. The lowest BCUT2D eigenvalue weighted by Gasteiger charge is -2.22. The number of nitrogens with zero attached hydrogens (tertiary/aromatic N) is 7. The summed E-state index contributed by atoms with van der Waals surface area (Å²) >= 11 is 0. The number of nitro benzene ring substituents is 1. The molecule has 0 amide bonds. The zero-order valence-corrected chi connectivity index (χ0v) is 25.9. The van der Waals surface area contributed by atoms with Crippen LogP contribution < -0.4 is 4.90 Å². The van der Waals surface area contributed by atoms with Crippen LogP contribution in [0.4, 0.5) is 22.7 Å². The number of carbonyl (C=O) groups is 1. The molecule has 0 saturated heterocycles. The van der Waals surface area contributed by atoms with E-state index in [-0.39, 0.29) is 18.0 Å². The highest BCUT2D eigenvalue weighted by molar-refractivity contribution is 5.98. The van der Waals surface area contributed by atoms with Crippen molar-refractivity contribution in [3.8, 4) is 16.9 Å². The average molecular weight is 626 g/mol. The van der Waals surface area contributed by atoms with Gasteiger partial charge in [-0.3, -0.25) is 10.1 Å². The number of benzene rings is 5. The summed E-state index contributed by atoms with van der Waals surface area (Å²) in [6.45, 7) is 8.65. The number of azo groups is 1. The third kappa shape index (κ3) is 6.89. The first kappa shape index (κ1) is 30.8. The summed E-state index contributed by atoms with van der Waals surface area (Å²) in [4.78, 5) is 25.2. The summed E-state index contributed by atoms with van der Waals surface area (Å²) in [5.41, 5.74) is 3.57. The highest BCUT2D eigenvalue weighted by atomic mass is 16.6. The Morgan fingerprint density at radius 1 is 0.936 bits per heavy atom. The third-order valence-electron chi connectivity index (χ3n) is 7.73. The molecule has 1 heterocycles. The fourth-order valence-electron chi connectivity index (χ4n) is 5.19. The second kappa shape index (κ2) is 13.4. The maximum absolute atomic E-state index is 12.0. The third-order valence-corrected chi connectivity index (χ3v) is 7.73. The predicted octanol–water partition coefficient (Wildman–Crippen LogP) is 8.51. The van der Waals surface area contributed by atoms with Crippen molar-refractivity contribution in [3.05, 3.63) is 126 Å². The van der Waals surface area contributed by atoms with Gasteiger partial charge in [0.1, 0.15) is 12.3 Å². The lowest BCUT2D eigenvalue weighted by atomic mass is 10.0. The van der Waals surface area contributed by atoms with Crippen molar-refractivity contribution in [2.24, 2.45) is 10.2 Å². The van der Waals surface area contributed by atoms with Crippen molar-refractivity contribution in [2.75, 3.05) is 24.6 Å². The Morgan fingerprint density at radius 3 is 2.36 bits per heavy atom. The molecule has 234 valence electrons. The van der Waals surface area contributed by atoms with Crippen LogP contribution in [-0.2, 0) is 9.53 Å². The van der Waals surface area contributed by atoms with Crippen LogP contribution in [0.25, 0.3) is 38.5 Å². The Bertz CT molecular complexity index is 2160. The molecule has 0 radical (unpaired) electrons. The van der Waals surface area contributed by atoms with E-state index < -0.39 is 10.9 Å². The molecular weight excluding hydrogens is 594 g/mol. The average Bonchev–Trinajstić information content (AvgIpc) is 3.59. The van der Waals surface area contributed by atoms with Gasteiger partial charge in [-0.1, -0.05) is 42.1 Å². The Hall–Kier alpha value is -6.23. The summed E-state index contributed by atoms with van der Waals surface area (Å²) in [7, 11) is 0. The molecule has 11 heteroatoms. The molecule has 0 aliphatic rings. The van der Waals surface area contributed by atoms with Crippen LogP contribution in [0.3, 0.4) is 0 Å². The van der Waals surface area contributed by atoms with Crippen molar-refractivity contribution in [1.29, 1.82) is 0 Å². The number of hydrogen-bond acceptors (Lipinski definition) is 9. The van der Waals surface area contributed by atoms with Crippen molar-refractivity contribution in [1.82, 2.24) is 15.0 Å². The maximum Gasteiger partial charge on any atom is 0.333 e. The van der Waals surface area contributed by atoms with Gasteiger partial charge in [-0.2, -0.15) is 5.11 Å². The van der Waals surface area contributed by atoms with Gasteiger partial charge in [-0.15, -0.1) is 10.2 Å². The topological polar surface area (TPSA) is 128 Å². The van der Waals surface area contributed by atoms with E-state index in [4.69, 9.17) is 4.74 Å². The Morgan fingerprint density at radius 2 is 1.66 bits per heavy atom. The molecule has 0 atom stereocenters. The second-order valence-corrected chi connectivity index (χ2v) is 11.0. The molecule has 6 aromatic rings. The van der Waals surface area contributed by atoms with Gasteiger partial charge in [0.25, 0.3) is 5.69 Å². The Kier molecular flexibility index (Phi) is 8.78. The molecule has 5 aromatic carbocycles. The van der Waals surface area contributed by atoms with Crippen molar-refractivity contribution in [2.45, 2.75) is 13.8 Å². The lowest BCUT2D eigenvalue weighted by molar-refractivity contribution is -0.384. The van der Waals surface area contributed by atoms with Gasteiger partial charge in [0, 0.05) is 29.4 Å². The number of ether oxygens (including phenoxy) is 1. The van der Waals surface area contributed by atoms with Crippen LogP contribution in [0.1, 0.15) is 13.8 Å². The fourth-order valence-corrected chi connectivity index (χ4v) is 5.19. The Labute approximate surface area is 270 Å². The second-order valence-electron chi connectivity index (χ2n) is 11.0. The van der Waals surface area contributed by atoms with Gasteiger partial charge in [-0.05, 0) is 96.1 Å². The van der Waals surface area contributed by atoms with Crippen molar-refractivity contribution in [3.63, 3.8) is 0 Å². The van der Waals surface area contributed by atoms with Crippen molar-refractivity contribution >= 4 is 50.3 Å². The molecule has 11 nitrogen and oxygen atoms in total. The normalized spacial score (nSPS) is 11.3. The standard InChI is InChI=1S/C36H31N7O4/c1-4-41(17-18-47-36(44)24(2)3)31-14-11-30(12-15-31)37-38-33-16-10-28(22-35(33)43(45)46)34-23-42(40-39-34)32-13-9-27-19-25-7-5-6-8-26(25)20-29(27)21-32/h5-16,19-23H,2,4,17-18H2,1,3H3. The summed E-state index contributed by atoms with van der Waals surface area (Å²) in [6.07, 6.45) is 1.74. The number of fused-ring (bicyclic) bond motifs is 2. The van der Waals surface area contributed by atoms with Gasteiger partial charge in [0.05, 0.1) is 29.0 Å². The summed E-state index contributed by atoms with van der Waals surface area (Å²) < 4.78 is 6.86. The Balaban J connectivity index is 1.17. The number of anilines is 1. The van der Waals surface area contributed by atoms with Crippen molar-refractivity contribution < 1.29 is 14.5 Å². The van der Waals surface area contributed by atoms with E-state index in [0.717, 1.165) is 27.5 Å². The van der Waals surface area contributed by atoms with E-state index in [1.54, 1.807) is 42.1 Å². The van der Waals surface area contributed by atoms with E-state index in [9.17, 15) is 14.9 Å². The molecule has 0 unspecified atom stereocenters. The monoisotopic (exact) mass is 625 g/mol. The van der Waals surface area contributed by atoms with Gasteiger partial charge in [-0.25, -0.2) is 9.48 Å². The molecule has 0 spiro atoms. The largest absolute Gasteiger partial charge is 0.460 e. The summed E-state index contributed by atoms with van der Waals surface area (Å²) in [5, 5.41) is 33.5. The van der Waals surface area contributed by atoms with Crippen LogP contribution in [0.15, 0.2) is 126 Å². The number of hydrogen-bond donors (Lipinski definition) is 0. The zero-order chi connectivity index (χ0) is 32.9. The lowest BCUT2D eigenvalue weighted by Crippen LogP contribution is -2.28. The first-order valence-corrected chi connectivity index (χ1v) is 15.0. The smallest absolute Gasteiger partial charge is 0.333 e. The number of rotatable bonds is 11. The van der Waals surface area contributed by atoms with Crippen LogP contribution in [0.2, 0.25) is 0 Å². The maximum atomic E-state index is 12.0. The van der Waals surface area contributed by atoms with Crippen LogP contribution in [0, 0.1) is 10.1 Å². The number of carbonyl (C=O) groups excluding carboxylic acids is 1. The fraction of sp³-hybridized carbons (Fsp3) is 0.139. The number of nitro groups is 1. The molecule has 0 bridgehead atoms. The van der Waals surface area contributed by atoms with Gasteiger partial charge in [0.15, 0.2) is 5.69 Å². The van der Waals surface area contributed by atoms with E-state index in [2.05, 4.69) is 51.4 Å². The quantitative estimate of drug-likeness (QED) is 0.0352. The van der Waals surface area contributed by atoms with E-state index >= 15 is 0 Å². The number of aromatic nitrogens is 3. The first-order chi connectivity index (χ1) is 22.8. The SMILES string of the molecule is C=C(C)C(=O)OCCN(CC)c1ccc(N=Nc2ccc(-c3cn(-c4ccc5cc6ccccc6cc5c4)nn3)cc2[N+](=O)[O-])cc1. The first-order valence-electron chi connectivity index (χ1n) is 15.0. The number of likely N-dealkylation sites (N-methyl/N-ethyl adjacent to an activating group) is 1. The van der Waals surface area contributed by atoms with E-state index in [1.165, 1.54) is 11.5 Å². The highest BCUT2D eigenvalue weighted by Gasteiger charge is 2.17. The van der Waals surface area contributed by atoms with Gasteiger partial charge < -0.3 is 9.64 Å². The van der Waals surface area contributed by atoms with Crippen LogP contribution >= 0.6 is 0 Å². The molecule has 0 aliphatic heterocycles. The van der Waals surface area contributed by atoms with Crippen LogP contribution in [0.5, 0.6) is 0 Å². The number of esters is 1. The minimum atomic E-state index is -0.487. The van der Waals surface area contributed by atoms with Gasteiger partial charge >= 0.3 is 5.97 Å². The molecular formula is C36H31N7O4. The minimum Gasteiger partial charge on any atom is -0.460 e. The molecule has 0 N–H and O–H groups in total. The zero-order valence-electron chi connectivity index (χ0n) is 25.9. The summed E-state index contributed by atoms with van der Waals surface area (Å²) in [6, 6.07) is 30.5. The molecule has 1 aromatic heterocycles. The van der Waals surface area contributed by atoms with E-state index in [0.29, 0.717) is 35.6 Å². The molecule has 0 saturated carbocycles. The molecule has 0 aliphatic carbocycles. The molecule has 47 heavy (non-hydrogen) atoms. The van der Waals surface area contributed by atoms with E-state index in [1.807, 2.05) is 54.3 Å². The summed E-state index contributed by atoms with van der Waals surface area (Å²) in [5.74, 6) is -0.416. The minimum absolute atomic E-state index is 0.117. The predicted molar refractivity (Wildman–Crippen MR) is 183 cm³/mol. The highest BCUT2D eigenvalue weighted by Crippen LogP contribution is 2.34. The molecule has 6 rings (SSSR count). The van der Waals surface area contributed by atoms with Gasteiger partial charge in [0.2, 0.25) is 0 Å².